The molecular formula is C13H19Cl2NS. The minimum Gasteiger partial charge on any atom is -0.310 e. The van der Waals surface area contributed by atoms with Gasteiger partial charge in [-0.15, -0.1) is 0 Å². The first kappa shape index (κ1) is 15.2. The quantitative estimate of drug-likeness (QED) is 0.819. The number of thioether (sulfide) groups is 1. The van der Waals surface area contributed by atoms with E-state index in [1.807, 2.05) is 23.9 Å². The monoisotopic (exact) mass is 291 g/mol. The van der Waals surface area contributed by atoms with Crippen molar-refractivity contribution in [1.29, 1.82) is 0 Å². The van der Waals surface area contributed by atoms with Gasteiger partial charge in [-0.05, 0) is 42.2 Å². The minimum atomic E-state index is 0.335. The molecule has 0 aromatic heterocycles. The van der Waals surface area contributed by atoms with E-state index in [1.54, 1.807) is 0 Å². The van der Waals surface area contributed by atoms with Gasteiger partial charge >= 0.3 is 0 Å². The van der Waals surface area contributed by atoms with E-state index in [9.17, 15) is 0 Å². The fraction of sp³-hybridized carbons (Fsp3) is 0.538. The summed E-state index contributed by atoms with van der Waals surface area (Å²) in [5.41, 5.74) is 1.21. The SMILES string of the molecule is CCNC(c1ccc(Cl)c(Cl)c1)C(C)CSC. The van der Waals surface area contributed by atoms with E-state index < -0.39 is 0 Å². The lowest BCUT2D eigenvalue weighted by molar-refractivity contribution is 0.427. The third kappa shape index (κ3) is 4.36. The second-order valence-corrected chi connectivity index (χ2v) is 5.87. The van der Waals surface area contributed by atoms with Crippen LogP contribution in [0, 0.1) is 5.92 Å². The van der Waals surface area contributed by atoms with Crippen molar-refractivity contribution in [3.63, 3.8) is 0 Å². The predicted molar refractivity (Wildman–Crippen MR) is 80.4 cm³/mol. The zero-order chi connectivity index (χ0) is 12.8. The first-order chi connectivity index (χ1) is 8.10. The number of hydrogen-bond donors (Lipinski definition) is 1. The van der Waals surface area contributed by atoms with Crippen LogP contribution in [0.3, 0.4) is 0 Å². The van der Waals surface area contributed by atoms with Crippen LogP contribution in [0.15, 0.2) is 18.2 Å². The highest BCUT2D eigenvalue weighted by atomic mass is 35.5. The Kier molecular flexibility index (Phi) is 6.71. The standard InChI is InChI=1S/C13H19Cl2NS/c1-4-16-13(9(2)8-17-3)10-5-6-11(14)12(15)7-10/h5-7,9,13,16H,4,8H2,1-3H3. The Balaban J connectivity index is 2.92. The second kappa shape index (κ2) is 7.52. The van der Waals surface area contributed by atoms with Gasteiger partial charge in [0.15, 0.2) is 0 Å². The lowest BCUT2D eigenvalue weighted by atomic mass is 9.96. The van der Waals surface area contributed by atoms with E-state index in [0.717, 1.165) is 12.3 Å². The number of halogens is 2. The molecule has 0 fully saturated rings. The Morgan fingerprint density at radius 3 is 2.53 bits per heavy atom. The van der Waals surface area contributed by atoms with Crippen LogP contribution in [0.2, 0.25) is 10.0 Å². The number of rotatable bonds is 6. The van der Waals surface area contributed by atoms with Gasteiger partial charge in [-0.2, -0.15) is 11.8 Å². The summed E-state index contributed by atoms with van der Waals surface area (Å²) in [6.45, 7) is 5.33. The molecule has 2 atom stereocenters. The van der Waals surface area contributed by atoms with Crippen molar-refractivity contribution >= 4 is 35.0 Å². The van der Waals surface area contributed by atoms with Gasteiger partial charge in [0.05, 0.1) is 10.0 Å². The van der Waals surface area contributed by atoms with E-state index in [-0.39, 0.29) is 0 Å². The molecular weight excluding hydrogens is 273 g/mol. The molecule has 0 heterocycles. The molecule has 0 saturated heterocycles. The van der Waals surface area contributed by atoms with Gasteiger partial charge < -0.3 is 5.32 Å². The van der Waals surface area contributed by atoms with Gasteiger partial charge in [-0.1, -0.05) is 43.1 Å². The number of nitrogens with one attached hydrogen (secondary N) is 1. The maximum absolute atomic E-state index is 6.07. The van der Waals surface area contributed by atoms with Gasteiger partial charge in [0.2, 0.25) is 0 Å². The number of hydrogen-bond acceptors (Lipinski definition) is 2. The molecule has 0 aliphatic heterocycles. The van der Waals surface area contributed by atoms with Crippen molar-refractivity contribution in [2.45, 2.75) is 19.9 Å². The first-order valence-corrected chi connectivity index (χ1v) is 7.92. The smallest absolute Gasteiger partial charge is 0.0595 e. The van der Waals surface area contributed by atoms with Crippen LogP contribution in [0.1, 0.15) is 25.5 Å². The van der Waals surface area contributed by atoms with Crippen molar-refractivity contribution in [3.05, 3.63) is 33.8 Å². The molecule has 0 saturated carbocycles. The van der Waals surface area contributed by atoms with Gasteiger partial charge in [-0.25, -0.2) is 0 Å². The molecule has 1 aromatic carbocycles. The highest BCUT2D eigenvalue weighted by molar-refractivity contribution is 7.98. The minimum absolute atomic E-state index is 0.335. The number of benzene rings is 1. The van der Waals surface area contributed by atoms with E-state index >= 15 is 0 Å². The third-order valence-corrected chi connectivity index (χ3v) is 4.32. The summed E-state index contributed by atoms with van der Waals surface area (Å²) in [7, 11) is 0. The fourth-order valence-corrected chi connectivity index (χ4v) is 2.96. The molecule has 0 amide bonds. The summed E-state index contributed by atoms with van der Waals surface area (Å²) in [6.07, 6.45) is 2.13. The topological polar surface area (TPSA) is 12.0 Å². The lowest BCUT2D eigenvalue weighted by Crippen LogP contribution is -2.28. The average molecular weight is 292 g/mol. The van der Waals surface area contributed by atoms with Gasteiger partial charge in [0.25, 0.3) is 0 Å². The summed E-state index contributed by atoms with van der Waals surface area (Å²) < 4.78 is 0. The van der Waals surface area contributed by atoms with Crippen molar-refractivity contribution in [2.75, 3.05) is 18.6 Å². The molecule has 0 spiro atoms. The van der Waals surface area contributed by atoms with E-state index in [1.165, 1.54) is 5.56 Å². The van der Waals surface area contributed by atoms with Gasteiger partial charge in [0, 0.05) is 6.04 Å². The molecule has 2 unspecified atom stereocenters. The molecule has 17 heavy (non-hydrogen) atoms. The Morgan fingerprint density at radius 1 is 1.29 bits per heavy atom. The maximum atomic E-state index is 6.07. The summed E-state index contributed by atoms with van der Waals surface area (Å²) in [5, 5.41) is 4.76. The molecule has 0 aliphatic carbocycles. The van der Waals surface area contributed by atoms with Crippen LogP contribution in [-0.2, 0) is 0 Å². The van der Waals surface area contributed by atoms with Crippen LogP contribution in [-0.4, -0.2) is 18.6 Å². The van der Waals surface area contributed by atoms with E-state index in [2.05, 4.69) is 31.5 Å². The largest absolute Gasteiger partial charge is 0.310 e. The molecule has 1 rings (SSSR count). The molecule has 1 aromatic rings. The Hall–Kier alpha value is 0.110. The van der Waals surface area contributed by atoms with Crippen molar-refractivity contribution in [3.8, 4) is 0 Å². The predicted octanol–water partition coefficient (Wildman–Crippen LogP) is 4.64. The van der Waals surface area contributed by atoms with Crippen molar-refractivity contribution in [1.82, 2.24) is 5.32 Å². The summed E-state index contributed by atoms with van der Waals surface area (Å²) >= 11 is 13.9. The molecule has 96 valence electrons. The fourth-order valence-electron chi connectivity index (χ4n) is 1.93. The van der Waals surface area contributed by atoms with E-state index in [4.69, 9.17) is 23.2 Å². The molecule has 1 N–H and O–H groups in total. The van der Waals surface area contributed by atoms with Crippen LogP contribution in [0.5, 0.6) is 0 Å². The second-order valence-electron chi connectivity index (χ2n) is 4.14. The highest BCUT2D eigenvalue weighted by Gasteiger charge is 2.18. The molecule has 0 aliphatic rings. The first-order valence-electron chi connectivity index (χ1n) is 5.77. The average Bonchev–Trinajstić information content (AvgIpc) is 2.30. The zero-order valence-electron chi connectivity index (χ0n) is 10.5. The van der Waals surface area contributed by atoms with Crippen LogP contribution in [0.25, 0.3) is 0 Å². The maximum Gasteiger partial charge on any atom is 0.0595 e. The molecule has 4 heteroatoms. The summed E-state index contributed by atoms with van der Waals surface area (Å²) in [4.78, 5) is 0. The van der Waals surface area contributed by atoms with Gasteiger partial charge in [-0.3, -0.25) is 0 Å². The van der Waals surface area contributed by atoms with Crippen molar-refractivity contribution in [2.24, 2.45) is 5.92 Å². The van der Waals surface area contributed by atoms with Crippen LogP contribution >= 0.6 is 35.0 Å². The third-order valence-electron chi connectivity index (χ3n) is 2.73. The molecule has 1 nitrogen and oxygen atoms in total. The van der Waals surface area contributed by atoms with Gasteiger partial charge in [0.1, 0.15) is 0 Å². The Bertz CT molecular complexity index is 357. The highest BCUT2D eigenvalue weighted by Crippen LogP contribution is 2.29. The summed E-state index contributed by atoms with van der Waals surface area (Å²) in [5.74, 6) is 1.68. The lowest BCUT2D eigenvalue weighted by Gasteiger charge is -2.25. The normalized spacial score (nSPS) is 14.6. The van der Waals surface area contributed by atoms with Crippen molar-refractivity contribution < 1.29 is 0 Å². The van der Waals surface area contributed by atoms with Crippen LogP contribution in [0.4, 0.5) is 0 Å². The van der Waals surface area contributed by atoms with Crippen LogP contribution < -0.4 is 5.32 Å². The van der Waals surface area contributed by atoms with E-state index in [0.29, 0.717) is 22.0 Å². The molecule has 0 bridgehead atoms. The summed E-state index contributed by atoms with van der Waals surface area (Å²) in [6, 6.07) is 6.23. The zero-order valence-corrected chi connectivity index (χ0v) is 12.8. The Morgan fingerprint density at radius 2 is 2.00 bits per heavy atom. The molecule has 0 radical (unpaired) electrons. The Labute approximate surface area is 118 Å².